The van der Waals surface area contributed by atoms with E-state index in [9.17, 15) is 0 Å². The first-order valence-electron chi connectivity index (χ1n) is 51.3. The molecule has 0 bridgehead atoms. The summed E-state index contributed by atoms with van der Waals surface area (Å²) in [4.78, 5) is 0. The van der Waals surface area contributed by atoms with Gasteiger partial charge in [-0.1, -0.05) is 394 Å². The molecule has 6 heterocycles. The van der Waals surface area contributed by atoms with Gasteiger partial charge in [0.1, 0.15) is 44.7 Å². The number of fused-ring (bicyclic) bond motifs is 42. The average Bonchev–Trinajstić information content (AvgIpc) is 1.30. The lowest BCUT2D eigenvalue weighted by Crippen LogP contribution is -1.93. The Balaban J connectivity index is 0.0000000912. The lowest BCUT2D eigenvalue weighted by atomic mass is 9.90. The van der Waals surface area contributed by atoms with Crippen molar-refractivity contribution in [3.63, 3.8) is 0 Å². The van der Waals surface area contributed by atoms with E-state index in [4.69, 9.17) is 17.7 Å². The second kappa shape index (κ2) is 34.1. The first-order valence-corrected chi connectivity index (χ1v) is 52.2. The topological polar surface area (TPSA) is 57.5 Å². The molecule has 0 fully saturated rings. The molecule has 34 rings (SSSR count). The Labute approximate surface area is 863 Å². The molecule has 0 unspecified atom stereocenters. The van der Waals surface area contributed by atoms with Crippen molar-refractivity contribution in [2.24, 2.45) is 0 Å². The van der Waals surface area contributed by atoms with Crippen LogP contribution in [-0.2, 0) is 0 Å². The number of para-hydroxylation sites is 7. The van der Waals surface area contributed by atoms with E-state index >= 15 is 0 Å². The summed E-state index contributed by atoms with van der Waals surface area (Å²) in [6, 6.07) is 186. The van der Waals surface area contributed by atoms with Crippen LogP contribution in [0, 0.1) is 0 Å². The summed E-state index contributed by atoms with van der Waals surface area (Å²) in [5.74, 6) is 0. The van der Waals surface area contributed by atoms with Crippen molar-refractivity contribution >= 4 is 270 Å². The van der Waals surface area contributed by atoms with Gasteiger partial charge in [0.05, 0.1) is 11.0 Å². The Hall–Kier alpha value is -19.5. The monoisotopic (exact) mass is 1920 g/mol. The minimum Gasteiger partial charge on any atom is -0.456 e. The third-order valence-electron chi connectivity index (χ3n) is 31.5. The molecule has 0 radical (unpaired) electrons. The highest BCUT2D eigenvalue weighted by Crippen LogP contribution is 2.50. The molecule has 0 aliphatic carbocycles. The molecule has 0 aliphatic heterocycles. The van der Waals surface area contributed by atoms with E-state index in [1.807, 2.05) is 47.7 Å². The summed E-state index contributed by atoms with van der Waals surface area (Å²) in [7, 11) is 0. The molecule has 0 saturated carbocycles. The van der Waals surface area contributed by atoms with Crippen LogP contribution in [0.4, 0.5) is 0 Å². The van der Waals surface area contributed by atoms with Crippen molar-refractivity contribution in [2.75, 3.05) is 0 Å². The van der Waals surface area contributed by atoms with Gasteiger partial charge in [-0.05, 0) is 295 Å². The fraction of sp³-hybridized carbons (Fsp3) is 0. The van der Waals surface area contributed by atoms with Gasteiger partial charge in [0.2, 0.25) is 0 Å². The summed E-state index contributed by atoms with van der Waals surface area (Å²) in [5.41, 5.74) is 22.7. The minimum absolute atomic E-state index is 0.901. The van der Waals surface area contributed by atoms with Gasteiger partial charge in [-0.2, -0.15) is 0 Å². The third kappa shape index (κ3) is 13.6. The van der Waals surface area contributed by atoms with Crippen molar-refractivity contribution in [1.29, 1.82) is 0 Å². The van der Waals surface area contributed by atoms with Gasteiger partial charge >= 0.3 is 0 Å². The van der Waals surface area contributed by atoms with E-state index in [0.29, 0.717) is 0 Å². The molecular formula is C144H85NO4S. The lowest BCUT2D eigenvalue weighted by Gasteiger charge is -2.14. The van der Waals surface area contributed by atoms with E-state index in [1.54, 1.807) is 0 Å². The van der Waals surface area contributed by atoms with Gasteiger partial charge in [-0.15, -0.1) is 11.3 Å². The van der Waals surface area contributed by atoms with Crippen LogP contribution in [0.15, 0.2) is 533 Å². The van der Waals surface area contributed by atoms with E-state index in [0.717, 1.165) is 110 Å². The zero-order valence-electron chi connectivity index (χ0n) is 81.1. The summed E-state index contributed by atoms with van der Waals surface area (Å²) in [6.45, 7) is 0. The Morgan fingerprint density at radius 1 is 0.127 bits per heavy atom. The zero-order chi connectivity index (χ0) is 98.3. The van der Waals surface area contributed by atoms with Crippen molar-refractivity contribution in [1.82, 2.24) is 4.57 Å². The predicted octanol–water partition coefficient (Wildman–Crippen LogP) is 42.0. The first kappa shape index (κ1) is 85.0. The Morgan fingerprint density at radius 2 is 0.367 bits per heavy atom. The molecule has 5 nitrogen and oxygen atoms in total. The molecular weight excluding hydrogens is 1840 g/mol. The molecule has 6 aromatic heterocycles. The highest BCUT2D eigenvalue weighted by molar-refractivity contribution is 7.25. The van der Waals surface area contributed by atoms with Gasteiger partial charge in [0, 0.05) is 90.8 Å². The highest BCUT2D eigenvalue weighted by atomic mass is 32.1. The highest BCUT2D eigenvalue weighted by Gasteiger charge is 2.24. The van der Waals surface area contributed by atoms with Crippen LogP contribution in [0.3, 0.4) is 0 Å². The number of benzene rings is 28. The molecule has 0 saturated heterocycles. The van der Waals surface area contributed by atoms with Crippen molar-refractivity contribution < 1.29 is 17.7 Å². The number of thiophene rings is 1. The SMILES string of the molecule is c1ccc2c(c1)c1ccccc1c1cc(-c3ccc4oc5ccc(-n6c7ccccc7c7ccccc76)cc5c4c3)ccc21.c1ccc2c(c1)oc1c(-c3ccc4c5ccccc5c5ccc(-c6cccc7c6oc6ccccc67)cc5c4c3)cccc12.c1ccc2c(c1)oc1cc(-c3ccc4c5ccccc5c5ccccc5c4c3)ccc12.c1ccc2c(c1)sc1ccc(-c3ccc4c5ccccc5c5ccccc5c4c3)cc12. The average molecular weight is 1930 g/mol. The number of rotatable bonds is 6. The summed E-state index contributed by atoms with van der Waals surface area (Å²) >= 11 is 1.87. The maximum absolute atomic E-state index is 6.44. The minimum atomic E-state index is 0.901. The summed E-state index contributed by atoms with van der Waals surface area (Å²) in [5, 5.41) is 45.3. The van der Waals surface area contributed by atoms with Crippen LogP contribution >= 0.6 is 11.3 Å². The smallest absolute Gasteiger partial charge is 0.143 e. The van der Waals surface area contributed by atoms with E-state index in [1.165, 1.54) is 210 Å². The zero-order valence-corrected chi connectivity index (χ0v) is 81.9. The first-order chi connectivity index (χ1) is 74.4. The van der Waals surface area contributed by atoms with Crippen LogP contribution in [0.5, 0.6) is 0 Å². The van der Waals surface area contributed by atoms with Crippen molar-refractivity contribution in [2.45, 2.75) is 0 Å². The van der Waals surface area contributed by atoms with Crippen LogP contribution in [0.2, 0.25) is 0 Å². The Morgan fingerprint density at radius 3 is 0.780 bits per heavy atom. The number of hydrogen-bond donors (Lipinski definition) is 0. The quantitative estimate of drug-likeness (QED) is 0.156. The Bertz CT molecular complexity index is 11400. The molecule has 0 atom stereocenters. The van der Waals surface area contributed by atoms with Crippen molar-refractivity contribution in [3.05, 3.63) is 516 Å². The van der Waals surface area contributed by atoms with Gasteiger partial charge in [0.15, 0.2) is 0 Å². The Kier molecular flexibility index (Phi) is 19.3. The summed E-state index contributed by atoms with van der Waals surface area (Å²) < 4.78 is 30.4. The standard InChI is InChI=1S/C42H25NO.C42H24O2.C30H18O.C30H18S/c1-2-11-31-29(9-1)30-10-3-4-12-32(30)36-23-26(17-20-33(31)36)27-18-21-41-37(24-27)38-25-28(19-22-42(38)44-41)43-39-15-7-5-13-34(39)35-14-6-8-16-40(35)43;1-2-10-30-29(9-1)31-21-19-25(27-13-7-15-35-33-11-3-5-17-39(33)43-41(27)35)23-37(31)38-24-26(20-22-32(30)38)28-14-8-16-36-34-12-4-6-18-40(34)44-42(28)36;1-2-9-23-21(7-1)22-8-3-4-10-24(22)28-17-19(13-15-25(23)28)20-14-16-27-26-11-5-6-12-29(26)31-30(27)18-20;1-2-9-23-21(7-1)22-8-3-4-10-24(22)27-17-19(13-15-25(23)27)20-14-16-30-28(18-20)26-11-5-6-12-29(26)31-30/h1-25H;1-24H;2*1-18H. The lowest BCUT2D eigenvalue weighted by molar-refractivity contribution is 0.668. The molecule has 6 heteroatoms. The number of nitrogens with zero attached hydrogens (tertiary/aromatic N) is 1. The second-order valence-electron chi connectivity index (χ2n) is 39.7. The van der Waals surface area contributed by atoms with E-state index < -0.39 is 0 Å². The van der Waals surface area contributed by atoms with Crippen LogP contribution in [-0.4, -0.2) is 4.57 Å². The molecule has 696 valence electrons. The van der Waals surface area contributed by atoms with Crippen LogP contribution < -0.4 is 0 Å². The molecule has 0 N–H and O–H groups in total. The normalized spacial score (nSPS) is 12.0. The van der Waals surface area contributed by atoms with E-state index in [2.05, 4.69) is 484 Å². The fourth-order valence-corrected chi connectivity index (χ4v) is 25.7. The number of hydrogen-bond acceptors (Lipinski definition) is 5. The van der Waals surface area contributed by atoms with Gasteiger partial charge in [-0.25, -0.2) is 0 Å². The molecule has 0 amide bonds. The predicted molar refractivity (Wildman–Crippen MR) is 639 cm³/mol. The molecule has 28 aromatic carbocycles. The second-order valence-corrected chi connectivity index (χ2v) is 40.7. The maximum atomic E-state index is 6.44. The molecule has 0 aliphatic rings. The van der Waals surface area contributed by atoms with Gasteiger partial charge < -0.3 is 22.2 Å². The molecule has 34 aromatic rings. The fourth-order valence-electron chi connectivity index (χ4n) is 24.6. The number of aromatic nitrogens is 1. The largest absolute Gasteiger partial charge is 0.456 e. The molecule has 150 heavy (non-hydrogen) atoms. The summed E-state index contributed by atoms with van der Waals surface area (Å²) in [6.07, 6.45) is 0. The third-order valence-corrected chi connectivity index (χ3v) is 32.7. The van der Waals surface area contributed by atoms with Gasteiger partial charge in [-0.3, -0.25) is 0 Å². The number of furan rings is 4. The van der Waals surface area contributed by atoms with Crippen LogP contribution in [0.25, 0.3) is 320 Å². The van der Waals surface area contributed by atoms with E-state index in [-0.39, 0.29) is 0 Å². The van der Waals surface area contributed by atoms with Crippen molar-refractivity contribution in [3.8, 4) is 61.3 Å². The maximum Gasteiger partial charge on any atom is 0.143 e. The molecule has 0 spiro atoms. The van der Waals surface area contributed by atoms with Gasteiger partial charge in [0.25, 0.3) is 0 Å². The van der Waals surface area contributed by atoms with Crippen LogP contribution in [0.1, 0.15) is 0 Å².